The van der Waals surface area contributed by atoms with Gasteiger partial charge in [0.15, 0.2) is 0 Å². The van der Waals surface area contributed by atoms with Gasteiger partial charge in [0.25, 0.3) is 5.71 Å². The first-order valence-electron chi connectivity index (χ1n) is 20.1. The standard InChI is InChI=1S/C53H38N6/c54-48-33-39(36-23-27-51-46(30-36)43-17-7-9-19-49(43)58(51)41-13-3-1-4-14-41)32-45(53(48)57-56-40-25-21-35(22-26-40)38-12-11-29-55-34-38)37-24-28-52-47(31-37)44-18-8-10-20-50(44)59(52)42-15-5-2-6-16-42/h2-3,5-34,54,56H,1,4H2/p+1. The lowest BCUT2D eigenvalue weighted by Crippen LogP contribution is -2.79. The maximum atomic E-state index is 9.57. The third kappa shape index (κ3) is 6.01. The summed E-state index contributed by atoms with van der Waals surface area (Å²) >= 11 is 0. The zero-order valence-corrected chi connectivity index (χ0v) is 32.2. The summed E-state index contributed by atoms with van der Waals surface area (Å²) in [5, 5.41) is 17.8. The second-order valence-electron chi connectivity index (χ2n) is 15.1. The SMILES string of the molecule is N=C1C=C(c2ccc3c(c2)c2ccccc2n3C2=CCCC=C2)C=C(c2ccc3c(c2)c2ccccc2n3-c2ccccc2)C1=[NH+]Nc1ccc(-c2cccnc2)cc1. The van der Waals surface area contributed by atoms with Crippen LogP contribution in [0.2, 0.25) is 0 Å². The predicted octanol–water partition coefficient (Wildman–Crippen LogP) is 11.2. The minimum atomic E-state index is 0.392. The summed E-state index contributed by atoms with van der Waals surface area (Å²) in [7, 11) is 0. The van der Waals surface area contributed by atoms with Crippen molar-refractivity contribution in [1.82, 2.24) is 14.1 Å². The average molecular weight is 760 g/mol. The zero-order chi connectivity index (χ0) is 39.3. The Morgan fingerprint density at radius 3 is 1.95 bits per heavy atom. The predicted molar refractivity (Wildman–Crippen MR) is 246 cm³/mol. The van der Waals surface area contributed by atoms with Gasteiger partial charge >= 0.3 is 0 Å². The Morgan fingerprint density at radius 1 is 0.559 bits per heavy atom. The molecule has 6 heteroatoms. The molecular weight excluding hydrogens is 721 g/mol. The van der Waals surface area contributed by atoms with Gasteiger partial charge in [0.1, 0.15) is 5.71 Å². The number of nitrogens with zero attached hydrogens (tertiary/aromatic N) is 3. The van der Waals surface area contributed by atoms with Crippen molar-refractivity contribution < 1.29 is 5.10 Å². The van der Waals surface area contributed by atoms with Crippen molar-refractivity contribution in [3.8, 4) is 16.8 Å². The van der Waals surface area contributed by atoms with Gasteiger partial charge in [-0.2, -0.15) is 5.43 Å². The Labute approximate surface area is 341 Å². The number of nitrogens with one attached hydrogen (secondary N) is 3. The van der Waals surface area contributed by atoms with E-state index in [1.165, 1.54) is 32.9 Å². The van der Waals surface area contributed by atoms with Crippen LogP contribution in [0.25, 0.3) is 77.3 Å². The van der Waals surface area contributed by atoms with Crippen LogP contribution in [0.5, 0.6) is 0 Å². The minimum Gasteiger partial charge on any atom is -0.310 e. The van der Waals surface area contributed by atoms with Gasteiger partial charge < -0.3 is 9.13 Å². The molecule has 0 radical (unpaired) electrons. The Bertz CT molecular complexity index is 3280. The van der Waals surface area contributed by atoms with Crippen LogP contribution in [0.3, 0.4) is 0 Å². The number of benzene rings is 6. The van der Waals surface area contributed by atoms with Crippen molar-refractivity contribution in [3.63, 3.8) is 0 Å². The number of anilines is 1. The summed E-state index contributed by atoms with van der Waals surface area (Å²) in [4.78, 5) is 4.28. The molecule has 6 nitrogen and oxygen atoms in total. The molecule has 3 N–H and O–H groups in total. The van der Waals surface area contributed by atoms with E-state index in [4.69, 9.17) is 0 Å². The van der Waals surface area contributed by atoms with Crippen molar-refractivity contribution in [2.24, 2.45) is 0 Å². The van der Waals surface area contributed by atoms with Gasteiger partial charge in [-0.15, -0.1) is 5.10 Å². The molecule has 2 aliphatic carbocycles. The van der Waals surface area contributed by atoms with Crippen LogP contribution in [-0.4, -0.2) is 25.5 Å². The molecule has 0 bridgehead atoms. The zero-order valence-electron chi connectivity index (χ0n) is 32.2. The summed E-state index contributed by atoms with van der Waals surface area (Å²) in [6, 6.07) is 53.5. The molecular formula is C53H39N6+. The Hall–Kier alpha value is -7.83. The highest BCUT2D eigenvalue weighted by molar-refractivity contribution is 6.60. The normalized spacial score (nSPS) is 14.9. The molecule has 0 fully saturated rings. The summed E-state index contributed by atoms with van der Waals surface area (Å²) < 4.78 is 4.72. The number of rotatable bonds is 7. The lowest BCUT2D eigenvalue weighted by atomic mass is 9.87. The first-order valence-corrected chi connectivity index (χ1v) is 20.1. The van der Waals surface area contributed by atoms with Crippen molar-refractivity contribution in [2.75, 3.05) is 5.43 Å². The van der Waals surface area contributed by atoms with E-state index < -0.39 is 0 Å². The quantitative estimate of drug-likeness (QED) is 0.112. The van der Waals surface area contributed by atoms with Crippen molar-refractivity contribution in [1.29, 1.82) is 5.41 Å². The maximum Gasteiger partial charge on any atom is 0.259 e. The number of hydrogen-bond acceptors (Lipinski definition) is 3. The summed E-state index contributed by atoms with van der Waals surface area (Å²) in [6.07, 6.45) is 16.8. The van der Waals surface area contributed by atoms with Crippen molar-refractivity contribution in [3.05, 3.63) is 206 Å². The van der Waals surface area contributed by atoms with E-state index in [0.717, 1.165) is 74.0 Å². The first-order chi connectivity index (χ1) is 29.2. The van der Waals surface area contributed by atoms with Gasteiger partial charge in [-0.1, -0.05) is 97.1 Å². The Kier molecular flexibility index (Phi) is 8.33. The van der Waals surface area contributed by atoms with Gasteiger partial charge in [0.2, 0.25) is 0 Å². The Balaban J connectivity index is 1.05. The fourth-order valence-corrected chi connectivity index (χ4v) is 8.78. The molecule has 3 aromatic heterocycles. The molecule has 6 aromatic carbocycles. The number of hydrazine groups is 1. The minimum absolute atomic E-state index is 0.392. The van der Waals surface area contributed by atoms with Crippen LogP contribution in [-0.2, 0) is 0 Å². The molecule has 0 saturated heterocycles. The second kappa shape index (κ2) is 14.3. The summed E-state index contributed by atoms with van der Waals surface area (Å²) in [5.74, 6) is 0. The number of pyridine rings is 1. The average Bonchev–Trinajstić information content (AvgIpc) is 3.82. The molecule has 3 heterocycles. The third-order valence-corrected chi connectivity index (χ3v) is 11.6. The number of allylic oxidation sites excluding steroid dienone is 8. The van der Waals surface area contributed by atoms with E-state index >= 15 is 0 Å². The molecule has 59 heavy (non-hydrogen) atoms. The molecule has 0 spiro atoms. The molecule has 11 rings (SSSR count). The molecule has 0 atom stereocenters. The molecule has 0 aliphatic heterocycles. The van der Waals surface area contributed by atoms with Gasteiger partial charge in [0, 0.05) is 45.3 Å². The van der Waals surface area contributed by atoms with Crippen molar-refractivity contribution >= 4 is 77.6 Å². The van der Waals surface area contributed by atoms with E-state index in [2.05, 4.69) is 182 Å². The smallest absolute Gasteiger partial charge is 0.259 e. The van der Waals surface area contributed by atoms with Gasteiger partial charge in [-0.05, 0) is 126 Å². The van der Waals surface area contributed by atoms with Crippen LogP contribution < -0.4 is 10.5 Å². The second-order valence-corrected chi connectivity index (χ2v) is 15.1. The van der Waals surface area contributed by atoms with Crippen LogP contribution in [0.15, 0.2) is 194 Å². The monoisotopic (exact) mass is 759 g/mol. The van der Waals surface area contributed by atoms with Crippen LogP contribution in [0.1, 0.15) is 24.0 Å². The topological polar surface area (TPSA) is 72.6 Å². The number of hydrazone groups is 1. The fourth-order valence-electron chi connectivity index (χ4n) is 8.78. The van der Waals surface area contributed by atoms with E-state index in [9.17, 15) is 5.41 Å². The van der Waals surface area contributed by atoms with E-state index in [1.807, 2.05) is 30.5 Å². The maximum absolute atomic E-state index is 9.57. The van der Waals surface area contributed by atoms with Crippen LogP contribution in [0, 0.1) is 5.41 Å². The highest BCUT2D eigenvalue weighted by Crippen LogP contribution is 2.38. The number of para-hydroxylation sites is 3. The van der Waals surface area contributed by atoms with Crippen LogP contribution >= 0.6 is 0 Å². The fraction of sp³-hybridized carbons (Fsp3) is 0.0377. The molecule has 0 saturated carbocycles. The largest absolute Gasteiger partial charge is 0.310 e. The number of aromatic nitrogens is 3. The molecule has 0 unspecified atom stereocenters. The molecule has 280 valence electrons. The van der Waals surface area contributed by atoms with E-state index in [0.29, 0.717) is 11.4 Å². The van der Waals surface area contributed by atoms with Gasteiger partial charge in [0.05, 0.1) is 33.3 Å². The lowest BCUT2D eigenvalue weighted by Gasteiger charge is -2.16. The van der Waals surface area contributed by atoms with Gasteiger partial charge in [-0.3, -0.25) is 10.4 Å². The summed E-state index contributed by atoms with van der Waals surface area (Å²) in [5.41, 5.74) is 18.5. The lowest BCUT2D eigenvalue weighted by molar-refractivity contribution is -0.415. The number of fused-ring (bicyclic) bond motifs is 6. The van der Waals surface area contributed by atoms with Crippen molar-refractivity contribution in [2.45, 2.75) is 12.8 Å². The molecule has 0 amide bonds. The van der Waals surface area contributed by atoms with E-state index in [1.54, 1.807) is 6.20 Å². The highest BCUT2D eigenvalue weighted by atomic mass is 15.3. The number of hydrogen-bond donors (Lipinski definition) is 3. The van der Waals surface area contributed by atoms with Crippen LogP contribution in [0.4, 0.5) is 5.69 Å². The molecule has 9 aromatic rings. The Morgan fingerprint density at radius 2 is 1.22 bits per heavy atom. The highest BCUT2D eigenvalue weighted by Gasteiger charge is 2.27. The first kappa shape index (κ1) is 34.4. The van der Waals surface area contributed by atoms with Gasteiger partial charge in [-0.25, -0.2) is 0 Å². The molecule has 2 aliphatic rings. The summed E-state index contributed by atoms with van der Waals surface area (Å²) in [6.45, 7) is 0. The third-order valence-electron chi connectivity index (χ3n) is 11.6. The van der Waals surface area contributed by atoms with E-state index in [-0.39, 0.29) is 0 Å².